The van der Waals surface area contributed by atoms with E-state index in [9.17, 15) is 0 Å². The Hall–Kier alpha value is -0.910. The largest absolute Gasteiger partial charge is 0.379 e. The van der Waals surface area contributed by atoms with Crippen LogP contribution in [0.1, 0.15) is 44.8 Å². The topological polar surface area (TPSA) is 48.3 Å². The smallest absolute Gasteiger partial charge is 0.0951 e. The van der Waals surface area contributed by atoms with E-state index in [1.807, 2.05) is 12.5 Å². The van der Waals surface area contributed by atoms with Gasteiger partial charge in [-0.15, -0.1) is 0 Å². The Morgan fingerprint density at radius 1 is 1.55 bits per heavy atom. The molecule has 1 N–H and O–H groups in total. The zero-order valence-electron chi connectivity index (χ0n) is 12.7. The Morgan fingerprint density at radius 3 is 3.20 bits per heavy atom. The van der Waals surface area contributed by atoms with Gasteiger partial charge in [0.15, 0.2) is 0 Å². The van der Waals surface area contributed by atoms with Crippen LogP contribution in [0.5, 0.6) is 0 Å². The zero-order valence-corrected chi connectivity index (χ0v) is 12.7. The summed E-state index contributed by atoms with van der Waals surface area (Å²) in [7, 11) is 0. The van der Waals surface area contributed by atoms with Gasteiger partial charge in [0.1, 0.15) is 0 Å². The van der Waals surface area contributed by atoms with Crippen LogP contribution in [0.4, 0.5) is 0 Å². The summed E-state index contributed by atoms with van der Waals surface area (Å²) in [6.45, 7) is 8.63. The Bertz CT molecular complexity index is 373. The molecule has 1 aromatic heterocycles. The van der Waals surface area contributed by atoms with Crippen molar-refractivity contribution in [2.45, 2.75) is 51.8 Å². The van der Waals surface area contributed by atoms with E-state index in [1.54, 1.807) is 0 Å². The minimum absolute atomic E-state index is 0.336. The van der Waals surface area contributed by atoms with Crippen molar-refractivity contribution in [3.05, 3.63) is 18.2 Å². The van der Waals surface area contributed by atoms with Gasteiger partial charge in [-0.05, 0) is 39.7 Å². The first-order valence-electron chi connectivity index (χ1n) is 7.68. The lowest BCUT2D eigenvalue weighted by Gasteiger charge is -2.12. The van der Waals surface area contributed by atoms with Crippen molar-refractivity contribution in [3.8, 4) is 0 Å². The van der Waals surface area contributed by atoms with Gasteiger partial charge in [0.25, 0.3) is 0 Å². The molecule has 1 fully saturated rings. The molecule has 1 aliphatic rings. The molecule has 114 valence electrons. The molecule has 0 aromatic carbocycles. The molecule has 5 nitrogen and oxygen atoms in total. The Kier molecular flexibility index (Phi) is 6.50. The van der Waals surface area contributed by atoms with E-state index in [1.165, 1.54) is 12.1 Å². The van der Waals surface area contributed by atoms with Crippen molar-refractivity contribution >= 4 is 0 Å². The summed E-state index contributed by atoms with van der Waals surface area (Å²) in [6.07, 6.45) is 7.52. The van der Waals surface area contributed by atoms with E-state index in [4.69, 9.17) is 9.47 Å². The quantitative estimate of drug-likeness (QED) is 0.705. The highest BCUT2D eigenvalue weighted by Crippen LogP contribution is 2.12. The maximum Gasteiger partial charge on any atom is 0.0951 e. The van der Waals surface area contributed by atoms with Crippen LogP contribution in [0.2, 0.25) is 0 Å². The first-order chi connectivity index (χ1) is 9.77. The van der Waals surface area contributed by atoms with Gasteiger partial charge in [-0.3, -0.25) is 0 Å². The fourth-order valence-corrected chi connectivity index (χ4v) is 2.44. The first-order valence-corrected chi connectivity index (χ1v) is 7.68. The summed E-state index contributed by atoms with van der Waals surface area (Å²) in [5, 5.41) is 3.44. The highest BCUT2D eigenvalue weighted by molar-refractivity contribution is 4.99. The van der Waals surface area contributed by atoms with Gasteiger partial charge in [-0.1, -0.05) is 0 Å². The Labute approximate surface area is 121 Å². The number of hydrogen-bond acceptors (Lipinski definition) is 4. The van der Waals surface area contributed by atoms with Crippen molar-refractivity contribution in [3.63, 3.8) is 0 Å². The van der Waals surface area contributed by atoms with Gasteiger partial charge >= 0.3 is 0 Å². The number of ether oxygens (including phenoxy) is 2. The van der Waals surface area contributed by atoms with Gasteiger partial charge in [-0.2, -0.15) is 0 Å². The van der Waals surface area contributed by atoms with Gasteiger partial charge in [0.2, 0.25) is 0 Å². The van der Waals surface area contributed by atoms with Crippen molar-refractivity contribution in [1.82, 2.24) is 14.9 Å². The Balaban J connectivity index is 1.50. The summed E-state index contributed by atoms with van der Waals surface area (Å²) in [6, 6.07) is 0.462. The molecule has 0 aliphatic carbocycles. The lowest BCUT2D eigenvalue weighted by Crippen LogP contribution is -2.20. The van der Waals surface area contributed by atoms with E-state index >= 15 is 0 Å². The van der Waals surface area contributed by atoms with Crippen molar-refractivity contribution < 1.29 is 9.47 Å². The predicted molar refractivity (Wildman–Crippen MR) is 78.7 cm³/mol. The second kappa shape index (κ2) is 8.39. The maximum atomic E-state index is 5.63. The minimum atomic E-state index is 0.336. The number of nitrogens with zero attached hydrogens (tertiary/aromatic N) is 2. The standard InChI is InChI=1S/C15H27N3O2/c1-13(2)18-12-17-10-14(18)9-16-6-4-7-19-11-15-5-3-8-20-15/h10,12-13,15-16H,3-9,11H2,1-2H3. The van der Waals surface area contributed by atoms with Crippen LogP contribution in [0, 0.1) is 0 Å². The van der Waals surface area contributed by atoms with Crippen LogP contribution < -0.4 is 5.32 Å². The van der Waals surface area contributed by atoms with E-state index in [-0.39, 0.29) is 0 Å². The molecule has 1 aliphatic heterocycles. The normalized spacial score (nSPS) is 19.1. The summed E-state index contributed by atoms with van der Waals surface area (Å²) < 4.78 is 13.3. The van der Waals surface area contributed by atoms with E-state index in [0.717, 1.165) is 45.8 Å². The molecule has 0 saturated carbocycles. The van der Waals surface area contributed by atoms with Crippen LogP contribution in [-0.2, 0) is 16.0 Å². The molecule has 20 heavy (non-hydrogen) atoms. The molecule has 2 rings (SSSR count). The maximum absolute atomic E-state index is 5.63. The van der Waals surface area contributed by atoms with E-state index in [0.29, 0.717) is 12.1 Å². The van der Waals surface area contributed by atoms with Crippen molar-refractivity contribution in [1.29, 1.82) is 0 Å². The highest BCUT2D eigenvalue weighted by atomic mass is 16.5. The number of hydrogen-bond donors (Lipinski definition) is 1. The highest BCUT2D eigenvalue weighted by Gasteiger charge is 2.14. The molecule has 1 saturated heterocycles. The molecule has 1 atom stereocenters. The van der Waals surface area contributed by atoms with Gasteiger partial charge in [0.05, 0.1) is 24.7 Å². The van der Waals surface area contributed by atoms with E-state index in [2.05, 4.69) is 28.7 Å². The predicted octanol–water partition coefficient (Wildman–Crippen LogP) is 2.14. The molecule has 5 heteroatoms. The second-order valence-corrected chi connectivity index (χ2v) is 5.63. The molecule has 1 aromatic rings. The fraction of sp³-hybridized carbons (Fsp3) is 0.800. The molecule has 2 heterocycles. The van der Waals surface area contributed by atoms with Gasteiger partial charge in [0, 0.05) is 32.0 Å². The van der Waals surface area contributed by atoms with Crippen LogP contribution >= 0.6 is 0 Å². The molecular weight excluding hydrogens is 254 g/mol. The number of imidazole rings is 1. The summed E-state index contributed by atoms with van der Waals surface area (Å²) in [5.41, 5.74) is 1.24. The average molecular weight is 281 g/mol. The monoisotopic (exact) mass is 281 g/mol. The molecule has 0 amide bonds. The SMILES string of the molecule is CC(C)n1cncc1CNCCCOCC1CCCO1. The second-order valence-electron chi connectivity index (χ2n) is 5.63. The molecule has 0 bridgehead atoms. The lowest BCUT2D eigenvalue weighted by molar-refractivity contribution is 0.0166. The Morgan fingerprint density at radius 2 is 2.45 bits per heavy atom. The third-order valence-electron chi connectivity index (χ3n) is 3.58. The summed E-state index contributed by atoms with van der Waals surface area (Å²) in [4.78, 5) is 4.20. The van der Waals surface area contributed by atoms with Crippen molar-refractivity contribution in [2.75, 3.05) is 26.4 Å². The molecule has 0 radical (unpaired) electrons. The summed E-state index contributed by atoms with van der Waals surface area (Å²) >= 11 is 0. The molecule has 1 unspecified atom stereocenters. The van der Waals surface area contributed by atoms with Crippen LogP contribution in [0.25, 0.3) is 0 Å². The van der Waals surface area contributed by atoms with Crippen LogP contribution in [-0.4, -0.2) is 42.0 Å². The number of aromatic nitrogens is 2. The van der Waals surface area contributed by atoms with Gasteiger partial charge < -0.3 is 19.4 Å². The zero-order chi connectivity index (χ0) is 14.2. The van der Waals surface area contributed by atoms with Gasteiger partial charge in [-0.25, -0.2) is 4.98 Å². The third-order valence-corrected chi connectivity index (χ3v) is 3.58. The number of nitrogens with one attached hydrogen (secondary N) is 1. The average Bonchev–Trinajstić information content (AvgIpc) is 3.08. The minimum Gasteiger partial charge on any atom is -0.379 e. The lowest BCUT2D eigenvalue weighted by atomic mass is 10.2. The van der Waals surface area contributed by atoms with Crippen LogP contribution in [0.15, 0.2) is 12.5 Å². The molecule has 0 spiro atoms. The molecular formula is C15H27N3O2. The van der Waals surface area contributed by atoms with Crippen molar-refractivity contribution in [2.24, 2.45) is 0 Å². The fourth-order valence-electron chi connectivity index (χ4n) is 2.44. The summed E-state index contributed by atoms with van der Waals surface area (Å²) in [5.74, 6) is 0. The first kappa shape index (κ1) is 15.5. The van der Waals surface area contributed by atoms with Crippen LogP contribution in [0.3, 0.4) is 0 Å². The third kappa shape index (κ3) is 4.89. The number of rotatable bonds is 9. The van der Waals surface area contributed by atoms with E-state index < -0.39 is 0 Å².